The summed E-state index contributed by atoms with van der Waals surface area (Å²) in [5, 5.41) is 0.0540. The van der Waals surface area contributed by atoms with Crippen LogP contribution in [0.4, 0.5) is 10.2 Å². The largest absolute Gasteiger partial charge is 0.462 e. The quantitative estimate of drug-likeness (QED) is 0.809. The van der Waals surface area contributed by atoms with E-state index in [1.165, 1.54) is 12.3 Å². The number of ether oxygens (including phenoxy) is 1. The molecule has 152 valence electrons. The molecule has 0 radical (unpaired) electrons. The molecule has 1 aliphatic heterocycles. The molecule has 3 rings (SSSR count). The van der Waals surface area contributed by atoms with Crippen LogP contribution in [0.2, 0.25) is 0 Å². The van der Waals surface area contributed by atoms with Crippen molar-refractivity contribution in [3.8, 4) is 0 Å². The van der Waals surface area contributed by atoms with Crippen LogP contribution in [0.1, 0.15) is 45.0 Å². The summed E-state index contributed by atoms with van der Waals surface area (Å²) in [5.41, 5.74) is 5.19. The van der Waals surface area contributed by atoms with Gasteiger partial charge in [0.15, 0.2) is 11.6 Å². The standard InChI is InChI=1S/C20H27FN4O3/c1-6-28-19(27)13-9-25(20(3,4)5)17-12(16(13)26)7-14(21)18(23-17)24-8-11(2)15(22)10-24/h7,9,11,15H,6,8,10,22H2,1-5H3/t11-,15-/m0/s1. The molecular weight excluding hydrogens is 363 g/mol. The van der Waals surface area contributed by atoms with Crippen molar-refractivity contribution in [1.29, 1.82) is 0 Å². The smallest absolute Gasteiger partial charge is 0.343 e. The fraction of sp³-hybridized carbons (Fsp3) is 0.550. The lowest BCUT2D eigenvalue weighted by molar-refractivity contribution is 0.0524. The Balaban J connectivity index is 2.26. The third kappa shape index (κ3) is 3.48. The zero-order valence-electron chi connectivity index (χ0n) is 17.0. The number of hydrogen-bond donors (Lipinski definition) is 1. The highest BCUT2D eigenvalue weighted by Crippen LogP contribution is 2.28. The minimum absolute atomic E-state index is 0.0540. The van der Waals surface area contributed by atoms with E-state index >= 15 is 0 Å². The summed E-state index contributed by atoms with van der Waals surface area (Å²) in [6, 6.07) is 1.10. The van der Waals surface area contributed by atoms with Crippen LogP contribution in [0, 0.1) is 11.7 Å². The van der Waals surface area contributed by atoms with E-state index in [-0.39, 0.29) is 35.3 Å². The van der Waals surface area contributed by atoms with Gasteiger partial charge in [-0.3, -0.25) is 4.79 Å². The maximum atomic E-state index is 14.9. The maximum absolute atomic E-state index is 14.9. The Morgan fingerprint density at radius 3 is 2.61 bits per heavy atom. The Hall–Kier alpha value is -2.48. The van der Waals surface area contributed by atoms with Gasteiger partial charge >= 0.3 is 5.97 Å². The zero-order valence-corrected chi connectivity index (χ0v) is 17.0. The van der Waals surface area contributed by atoms with Gasteiger partial charge in [-0.1, -0.05) is 6.92 Å². The van der Waals surface area contributed by atoms with Gasteiger partial charge in [0.25, 0.3) is 0 Å². The molecule has 2 aromatic rings. The van der Waals surface area contributed by atoms with Crippen molar-refractivity contribution in [2.75, 3.05) is 24.6 Å². The minimum atomic E-state index is -0.726. The summed E-state index contributed by atoms with van der Waals surface area (Å²) in [7, 11) is 0. The zero-order chi connectivity index (χ0) is 20.8. The number of carbonyl (C=O) groups excluding carboxylic acids is 1. The molecule has 3 heterocycles. The lowest BCUT2D eigenvalue weighted by Gasteiger charge is -2.27. The van der Waals surface area contributed by atoms with E-state index in [2.05, 4.69) is 4.98 Å². The second-order valence-corrected chi connectivity index (χ2v) is 8.34. The highest BCUT2D eigenvalue weighted by atomic mass is 19.1. The fourth-order valence-corrected chi connectivity index (χ4v) is 3.47. The maximum Gasteiger partial charge on any atom is 0.343 e. The first-order valence-electron chi connectivity index (χ1n) is 9.48. The van der Waals surface area contributed by atoms with Crippen LogP contribution in [0.5, 0.6) is 0 Å². The van der Waals surface area contributed by atoms with Crippen LogP contribution < -0.4 is 16.1 Å². The normalized spacial score (nSPS) is 20.0. The summed E-state index contributed by atoms with van der Waals surface area (Å²) in [6.45, 7) is 10.7. The van der Waals surface area contributed by atoms with Crippen molar-refractivity contribution in [2.45, 2.75) is 46.2 Å². The summed E-state index contributed by atoms with van der Waals surface area (Å²) in [4.78, 5) is 31.4. The molecule has 2 N–H and O–H groups in total. The number of halogens is 1. The molecule has 2 atom stereocenters. The average molecular weight is 390 g/mol. The number of carbonyl (C=O) groups is 1. The highest BCUT2D eigenvalue weighted by molar-refractivity contribution is 5.93. The molecule has 0 aliphatic carbocycles. The van der Waals surface area contributed by atoms with E-state index in [4.69, 9.17) is 10.5 Å². The van der Waals surface area contributed by atoms with Crippen molar-refractivity contribution in [3.05, 3.63) is 33.9 Å². The molecule has 28 heavy (non-hydrogen) atoms. The van der Waals surface area contributed by atoms with Crippen LogP contribution in [-0.2, 0) is 10.3 Å². The molecule has 0 unspecified atom stereocenters. The third-order valence-corrected chi connectivity index (χ3v) is 5.10. The van der Waals surface area contributed by atoms with Crippen LogP contribution in [0.3, 0.4) is 0 Å². The number of pyridine rings is 2. The lowest BCUT2D eigenvalue weighted by atomic mass is 10.1. The fourth-order valence-electron chi connectivity index (χ4n) is 3.47. The van der Waals surface area contributed by atoms with E-state index in [9.17, 15) is 14.0 Å². The Kier molecular flexibility index (Phi) is 5.18. The highest BCUT2D eigenvalue weighted by Gasteiger charge is 2.31. The van der Waals surface area contributed by atoms with Gasteiger partial charge in [-0.2, -0.15) is 0 Å². The van der Waals surface area contributed by atoms with Gasteiger partial charge in [0.2, 0.25) is 5.43 Å². The SMILES string of the molecule is CCOC(=O)c1cn(C(C)(C)C)c2nc(N3C[C@H](C)[C@@H](N)C3)c(F)cc2c1=O. The van der Waals surface area contributed by atoms with Crippen molar-refractivity contribution in [1.82, 2.24) is 9.55 Å². The number of rotatable bonds is 3. The molecule has 0 spiro atoms. The Morgan fingerprint density at radius 1 is 1.39 bits per heavy atom. The van der Waals surface area contributed by atoms with Crippen LogP contribution >= 0.6 is 0 Å². The number of hydrogen-bond acceptors (Lipinski definition) is 6. The number of fused-ring (bicyclic) bond motifs is 1. The monoisotopic (exact) mass is 390 g/mol. The molecule has 0 saturated carbocycles. The van der Waals surface area contributed by atoms with Crippen molar-refractivity contribution in [3.63, 3.8) is 0 Å². The van der Waals surface area contributed by atoms with Gasteiger partial charge in [-0.25, -0.2) is 14.2 Å². The summed E-state index contributed by atoms with van der Waals surface area (Å²) < 4.78 is 21.6. The van der Waals surface area contributed by atoms with E-state index in [1.807, 2.05) is 27.7 Å². The van der Waals surface area contributed by atoms with Gasteiger partial charge in [-0.05, 0) is 39.7 Å². The van der Waals surface area contributed by atoms with Crippen molar-refractivity contribution in [2.24, 2.45) is 11.7 Å². The van der Waals surface area contributed by atoms with E-state index in [0.717, 1.165) is 0 Å². The first-order valence-corrected chi connectivity index (χ1v) is 9.48. The molecule has 2 aromatic heterocycles. The molecule has 1 fully saturated rings. The van der Waals surface area contributed by atoms with Gasteiger partial charge in [-0.15, -0.1) is 0 Å². The molecule has 1 saturated heterocycles. The lowest BCUT2D eigenvalue weighted by Crippen LogP contribution is -2.31. The van der Waals surface area contributed by atoms with Gasteiger partial charge in [0, 0.05) is 30.9 Å². The molecule has 7 nitrogen and oxygen atoms in total. The molecule has 0 aromatic carbocycles. The predicted molar refractivity (Wildman–Crippen MR) is 106 cm³/mol. The van der Waals surface area contributed by atoms with Crippen LogP contribution in [-0.4, -0.2) is 41.3 Å². The van der Waals surface area contributed by atoms with Crippen molar-refractivity contribution < 1.29 is 13.9 Å². The number of nitrogens with two attached hydrogens (primary N) is 1. The van der Waals surface area contributed by atoms with Crippen LogP contribution in [0.15, 0.2) is 17.1 Å². The summed E-state index contributed by atoms with van der Waals surface area (Å²) in [6.07, 6.45) is 1.45. The number of aromatic nitrogens is 2. The third-order valence-electron chi connectivity index (χ3n) is 5.10. The van der Waals surface area contributed by atoms with Gasteiger partial charge in [0.1, 0.15) is 11.2 Å². The molecule has 8 heteroatoms. The first-order chi connectivity index (χ1) is 13.0. The van der Waals surface area contributed by atoms with Gasteiger partial charge in [0.05, 0.1) is 12.0 Å². The molecular formula is C20H27FN4O3. The van der Waals surface area contributed by atoms with E-state index < -0.39 is 22.8 Å². The Bertz CT molecular complexity index is 970. The second kappa shape index (κ2) is 7.16. The predicted octanol–water partition coefficient (Wildman–Crippen LogP) is 2.25. The van der Waals surface area contributed by atoms with Gasteiger partial charge < -0.3 is 19.9 Å². The number of nitrogens with zero attached hydrogens (tertiary/aromatic N) is 3. The molecule has 0 bridgehead atoms. The first kappa shape index (κ1) is 20.3. The summed E-state index contributed by atoms with van der Waals surface area (Å²) >= 11 is 0. The van der Waals surface area contributed by atoms with Crippen LogP contribution in [0.25, 0.3) is 11.0 Å². The topological polar surface area (TPSA) is 90.5 Å². The van der Waals surface area contributed by atoms with E-state index in [0.29, 0.717) is 18.7 Å². The average Bonchev–Trinajstić information content (AvgIpc) is 2.93. The van der Waals surface area contributed by atoms with Crippen molar-refractivity contribution >= 4 is 22.8 Å². The molecule has 0 amide bonds. The second-order valence-electron chi connectivity index (χ2n) is 8.34. The summed E-state index contributed by atoms with van der Waals surface area (Å²) in [5.74, 6) is -0.940. The number of esters is 1. The Morgan fingerprint density at radius 2 is 2.07 bits per heavy atom. The molecule has 1 aliphatic rings. The number of anilines is 1. The van der Waals surface area contributed by atoms with E-state index in [1.54, 1.807) is 16.4 Å². The minimum Gasteiger partial charge on any atom is -0.462 e. The Labute approximate surface area is 163 Å².